The van der Waals surface area contributed by atoms with Gasteiger partial charge in [0.1, 0.15) is 29.3 Å². The number of benzene rings is 3. The predicted octanol–water partition coefficient (Wildman–Crippen LogP) is 4.39. The molecule has 182 valence electrons. The van der Waals surface area contributed by atoms with Crippen molar-refractivity contribution >= 4 is 32.6 Å². The molecule has 0 saturated heterocycles. The molecule has 0 aliphatic rings. The van der Waals surface area contributed by atoms with Gasteiger partial charge in [0.25, 0.3) is 15.6 Å². The summed E-state index contributed by atoms with van der Waals surface area (Å²) in [4.78, 5) is 17.9. The lowest BCUT2D eigenvalue weighted by atomic mass is 10.0. The van der Waals surface area contributed by atoms with E-state index in [0.29, 0.717) is 11.1 Å². The SMILES string of the molecule is COc1cc(-c2ccc(F)cc2)c(F)cc1N(c1ccon1)S(=O)(=O)c1ccc2[nH]c(=O)cnc2c1. The van der Waals surface area contributed by atoms with Crippen LogP contribution in [0.25, 0.3) is 22.2 Å². The van der Waals surface area contributed by atoms with E-state index in [4.69, 9.17) is 9.26 Å². The number of methoxy groups -OCH3 is 1. The minimum atomic E-state index is -4.43. The average molecular weight is 510 g/mol. The van der Waals surface area contributed by atoms with Crippen molar-refractivity contribution < 1.29 is 26.5 Å². The largest absolute Gasteiger partial charge is 0.495 e. The van der Waals surface area contributed by atoms with Crippen LogP contribution in [0.2, 0.25) is 0 Å². The molecule has 3 aromatic carbocycles. The number of halogens is 2. The molecule has 36 heavy (non-hydrogen) atoms. The van der Waals surface area contributed by atoms with Gasteiger partial charge in [-0.05, 0) is 42.0 Å². The third-order valence-corrected chi connectivity index (χ3v) is 7.08. The molecule has 0 atom stereocenters. The molecule has 0 radical (unpaired) electrons. The monoisotopic (exact) mass is 510 g/mol. The Kier molecular flexibility index (Phi) is 5.72. The first-order chi connectivity index (χ1) is 17.3. The second-order valence-electron chi connectivity index (χ2n) is 7.56. The van der Waals surface area contributed by atoms with Gasteiger partial charge in [-0.2, -0.15) is 0 Å². The fraction of sp³-hybridized carbons (Fsp3) is 0.0417. The lowest BCUT2D eigenvalue weighted by Gasteiger charge is -2.24. The first-order valence-corrected chi connectivity index (χ1v) is 11.8. The number of nitrogens with zero attached hydrogens (tertiary/aromatic N) is 3. The zero-order valence-electron chi connectivity index (χ0n) is 18.5. The van der Waals surface area contributed by atoms with E-state index >= 15 is 4.39 Å². The Morgan fingerprint density at radius 3 is 2.50 bits per heavy atom. The van der Waals surface area contributed by atoms with Crippen molar-refractivity contribution in [3.8, 4) is 16.9 Å². The fourth-order valence-electron chi connectivity index (χ4n) is 3.69. The Balaban J connectivity index is 1.69. The van der Waals surface area contributed by atoms with Gasteiger partial charge in [0, 0.05) is 17.7 Å². The summed E-state index contributed by atoms with van der Waals surface area (Å²) in [6.45, 7) is 0. The highest BCUT2D eigenvalue weighted by Crippen LogP contribution is 2.41. The Hall–Kier alpha value is -4.58. The molecule has 0 unspecified atom stereocenters. The van der Waals surface area contributed by atoms with Gasteiger partial charge in [0.05, 0.1) is 29.2 Å². The van der Waals surface area contributed by atoms with Gasteiger partial charge in [-0.25, -0.2) is 26.5 Å². The summed E-state index contributed by atoms with van der Waals surface area (Å²) in [5.74, 6) is -1.42. The van der Waals surface area contributed by atoms with E-state index in [0.717, 1.165) is 16.6 Å². The summed E-state index contributed by atoms with van der Waals surface area (Å²) < 4.78 is 67.4. The summed E-state index contributed by atoms with van der Waals surface area (Å²) in [6, 6.07) is 12.7. The maximum atomic E-state index is 15.3. The summed E-state index contributed by atoms with van der Waals surface area (Å²) in [7, 11) is -3.13. The number of rotatable bonds is 6. The van der Waals surface area contributed by atoms with Gasteiger partial charge < -0.3 is 14.2 Å². The number of hydrogen-bond acceptors (Lipinski definition) is 7. The molecule has 1 N–H and O–H groups in total. The number of fused-ring (bicyclic) bond motifs is 1. The van der Waals surface area contributed by atoms with Gasteiger partial charge in [0.15, 0.2) is 5.82 Å². The van der Waals surface area contributed by atoms with Crippen LogP contribution in [0.15, 0.2) is 87.3 Å². The second-order valence-corrected chi connectivity index (χ2v) is 9.35. The lowest BCUT2D eigenvalue weighted by Crippen LogP contribution is -2.27. The normalized spacial score (nSPS) is 11.5. The topological polar surface area (TPSA) is 118 Å². The molecule has 9 nitrogen and oxygen atoms in total. The van der Waals surface area contributed by atoms with Gasteiger partial charge in [-0.3, -0.25) is 4.79 Å². The van der Waals surface area contributed by atoms with Crippen LogP contribution in [0.3, 0.4) is 0 Å². The third kappa shape index (κ3) is 4.07. The standard InChI is InChI=1S/C24H16F2N4O5S/c1-34-22-11-17(14-2-4-15(25)5-3-14)18(26)12-21(22)30(23-8-9-35-29-23)36(32,33)16-6-7-19-20(10-16)27-13-24(31)28-19/h2-13H,1H3,(H,28,31). The van der Waals surface area contributed by atoms with Crippen molar-refractivity contribution in [2.24, 2.45) is 0 Å². The molecule has 0 aliphatic heterocycles. The summed E-state index contributed by atoms with van der Waals surface area (Å²) in [5.41, 5.74) is 0.381. The average Bonchev–Trinajstić information content (AvgIpc) is 3.38. The highest BCUT2D eigenvalue weighted by molar-refractivity contribution is 7.93. The first kappa shape index (κ1) is 23.2. The molecule has 0 bridgehead atoms. The van der Waals surface area contributed by atoms with Crippen molar-refractivity contribution in [3.05, 3.63) is 95.1 Å². The second kappa shape index (κ2) is 8.89. The van der Waals surface area contributed by atoms with E-state index in [9.17, 15) is 17.6 Å². The van der Waals surface area contributed by atoms with E-state index in [-0.39, 0.29) is 33.2 Å². The molecule has 2 heterocycles. The van der Waals surface area contributed by atoms with Crippen LogP contribution in [0.4, 0.5) is 20.3 Å². The van der Waals surface area contributed by atoms with Crippen molar-refractivity contribution in [3.63, 3.8) is 0 Å². The molecule has 0 amide bonds. The Bertz CT molecular complexity index is 1740. The summed E-state index contributed by atoms with van der Waals surface area (Å²) in [6.07, 6.45) is 2.20. The van der Waals surface area contributed by atoms with Crippen molar-refractivity contribution in [2.75, 3.05) is 11.4 Å². The Morgan fingerprint density at radius 1 is 1.03 bits per heavy atom. The van der Waals surface area contributed by atoms with Crippen LogP contribution >= 0.6 is 0 Å². The Labute approximate surface area is 202 Å². The predicted molar refractivity (Wildman–Crippen MR) is 127 cm³/mol. The third-order valence-electron chi connectivity index (χ3n) is 5.36. The minimum Gasteiger partial charge on any atom is -0.495 e. The highest BCUT2D eigenvalue weighted by atomic mass is 32.2. The Morgan fingerprint density at radius 2 is 1.81 bits per heavy atom. The number of aromatic amines is 1. The molecule has 0 aliphatic carbocycles. The first-order valence-electron chi connectivity index (χ1n) is 10.4. The highest BCUT2D eigenvalue weighted by Gasteiger charge is 2.32. The molecule has 0 spiro atoms. The number of ether oxygens (including phenoxy) is 1. The number of sulfonamides is 1. The van der Waals surface area contributed by atoms with E-state index in [1.165, 1.54) is 68.0 Å². The lowest BCUT2D eigenvalue weighted by molar-refractivity contribution is 0.413. The van der Waals surface area contributed by atoms with Crippen LogP contribution in [-0.4, -0.2) is 30.7 Å². The number of anilines is 2. The van der Waals surface area contributed by atoms with Crippen LogP contribution in [-0.2, 0) is 10.0 Å². The van der Waals surface area contributed by atoms with Crippen LogP contribution < -0.4 is 14.6 Å². The van der Waals surface area contributed by atoms with Gasteiger partial charge in [-0.1, -0.05) is 17.3 Å². The molecule has 12 heteroatoms. The van der Waals surface area contributed by atoms with Crippen LogP contribution in [0.5, 0.6) is 5.75 Å². The number of hydrogen-bond donors (Lipinski definition) is 1. The van der Waals surface area contributed by atoms with Gasteiger partial charge in [-0.15, -0.1) is 0 Å². The quantitative estimate of drug-likeness (QED) is 0.360. The molecule has 0 fully saturated rings. The van der Waals surface area contributed by atoms with E-state index < -0.39 is 27.2 Å². The van der Waals surface area contributed by atoms with Crippen molar-refractivity contribution in [2.45, 2.75) is 4.90 Å². The molecule has 5 rings (SSSR count). The van der Waals surface area contributed by atoms with Crippen LogP contribution in [0, 0.1) is 11.6 Å². The molecular formula is C24H16F2N4O5S. The van der Waals surface area contributed by atoms with E-state index in [2.05, 4.69) is 15.1 Å². The summed E-state index contributed by atoms with van der Waals surface area (Å²) >= 11 is 0. The van der Waals surface area contributed by atoms with E-state index in [1.54, 1.807) is 0 Å². The molecule has 2 aromatic heterocycles. The number of aromatic nitrogens is 3. The molecule has 5 aromatic rings. The van der Waals surface area contributed by atoms with E-state index in [1.807, 2.05) is 0 Å². The maximum Gasteiger partial charge on any atom is 0.270 e. The number of nitrogens with one attached hydrogen (secondary N) is 1. The molecule has 0 saturated carbocycles. The van der Waals surface area contributed by atoms with Crippen molar-refractivity contribution in [1.82, 2.24) is 15.1 Å². The minimum absolute atomic E-state index is 0.00513. The van der Waals surface area contributed by atoms with Gasteiger partial charge in [0.2, 0.25) is 0 Å². The zero-order chi connectivity index (χ0) is 25.4. The fourth-order valence-corrected chi connectivity index (χ4v) is 5.14. The maximum absolute atomic E-state index is 15.3. The van der Waals surface area contributed by atoms with Crippen LogP contribution in [0.1, 0.15) is 0 Å². The van der Waals surface area contributed by atoms with Gasteiger partial charge >= 0.3 is 0 Å². The molecular weight excluding hydrogens is 494 g/mol. The summed E-state index contributed by atoms with van der Waals surface area (Å²) in [5, 5.41) is 3.74. The van der Waals surface area contributed by atoms with Crippen molar-refractivity contribution in [1.29, 1.82) is 0 Å². The zero-order valence-corrected chi connectivity index (χ0v) is 19.3. The smallest absolute Gasteiger partial charge is 0.270 e. The number of H-pyrrole nitrogens is 1.